The van der Waals surface area contributed by atoms with Gasteiger partial charge in [0.05, 0.1) is 0 Å². The topological polar surface area (TPSA) is 41.1 Å². The molecular weight excluding hydrogens is 244 g/mol. The molecule has 0 aromatic rings. The quantitative estimate of drug-likeness (QED) is 0.800. The van der Waals surface area contributed by atoms with E-state index in [0.717, 1.165) is 18.5 Å². The van der Waals surface area contributed by atoms with Gasteiger partial charge in [-0.15, -0.1) is 0 Å². The predicted molar refractivity (Wildman–Crippen MR) is 78.3 cm³/mol. The Morgan fingerprint density at radius 3 is 2.78 bits per heavy atom. The summed E-state index contributed by atoms with van der Waals surface area (Å²) in [6.07, 6.45) is 9.89. The van der Waals surface area contributed by atoms with Crippen molar-refractivity contribution in [2.24, 2.45) is 5.92 Å². The van der Waals surface area contributed by atoms with E-state index in [2.05, 4.69) is 17.6 Å². The fourth-order valence-electron chi connectivity index (χ4n) is 3.40. The average Bonchev–Trinajstić information content (AvgIpc) is 2.85. The normalized spacial score (nSPS) is 36.4. The molecule has 1 heterocycles. The lowest BCUT2D eigenvalue weighted by Crippen LogP contribution is -2.48. The van der Waals surface area contributed by atoms with Crippen molar-refractivity contribution >= 4 is 10.8 Å². The Labute approximate surface area is 114 Å². The maximum atomic E-state index is 11.4. The second kappa shape index (κ2) is 7.01. The van der Waals surface area contributed by atoms with Crippen molar-refractivity contribution in [2.45, 2.75) is 62.8 Å². The molecule has 0 radical (unpaired) electrons. The third kappa shape index (κ3) is 3.78. The summed E-state index contributed by atoms with van der Waals surface area (Å²) in [5, 5.41) is 7.65. The average molecular weight is 272 g/mol. The summed E-state index contributed by atoms with van der Waals surface area (Å²) in [7, 11) is -0.704. The van der Waals surface area contributed by atoms with Crippen LogP contribution in [0.5, 0.6) is 0 Å². The Morgan fingerprint density at radius 2 is 2.11 bits per heavy atom. The van der Waals surface area contributed by atoms with Crippen LogP contribution in [0.25, 0.3) is 0 Å². The van der Waals surface area contributed by atoms with Gasteiger partial charge in [-0.05, 0) is 45.1 Å². The highest BCUT2D eigenvalue weighted by Crippen LogP contribution is 2.31. The minimum Gasteiger partial charge on any atom is -0.314 e. The van der Waals surface area contributed by atoms with Crippen LogP contribution < -0.4 is 10.6 Å². The molecule has 1 saturated carbocycles. The van der Waals surface area contributed by atoms with Crippen molar-refractivity contribution in [2.75, 3.05) is 19.3 Å². The van der Waals surface area contributed by atoms with Crippen molar-refractivity contribution in [3.8, 4) is 0 Å². The van der Waals surface area contributed by atoms with E-state index in [1.54, 1.807) is 6.26 Å². The summed E-state index contributed by atoms with van der Waals surface area (Å²) in [6, 6.07) is 1.37. The van der Waals surface area contributed by atoms with Gasteiger partial charge in [-0.1, -0.05) is 12.8 Å². The van der Waals surface area contributed by atoms with Crippen molar-refractivity contribution in [3.63, 3.8) is 0 Å². The molecule has 0 aromatic heterocycles. The van der Waals surface area contributed by atoms with Crippen LogP contribution in [0.4, 0.5) is 0 Å². The zero-order valence-electron chi connectivity index (χ0n) is 11.8. The molecule has 1 saturated heterocycles. The van der Waals surface area contributed by atoms with Crippen molar-refractivity contribution in [1.82, 2.24) is 10.6 Å². The van der Waals surface area contributed by atoms with Gasteiger partial charge >= 0.3 is 0 Å². The van der Waals surface area contributed by atoms with Gasteiger partial charge in [0.2, 0.25) is 0 Å². The summed E-state index contributed by atoms with van der Waals surface area (Å²) < 4.78 is 11.4. The fraction of sp³-hybridized carbons (Fsp3) is 1.00. The third-order valence-electron chi connectivity index (χ3n) is 4.67. The molecule has 0 spiro atoms. The van der Waals surface area contributed by atoms with Crippen LogP contribution in [0.3, 0.4) is 0 Å². The molecule has 4 heteroatoms. The highest BCUT2D eigenvalue weighted by Gasteiger charge is 2.34. The lowest BCUT2D eigenvalue weighted by Gasteiger charge is -2.33. The zero-order valence-corrected chi connectivity index (χ0v) is 12.6. The van der Waals surface area contributed by atoms with Gasteiger partial charge in [0.15, 0.2) is 0 Å². The summed E-state index contributed by atoms with van der Waals surface area (Å²) in [6.45, 7) is 4.17. The van der Waals surface area contributed by atoms with Gasteiger partial charge in [0.1, 0.15) is 0 Å². The molecule has 5 unspecified atom stereocenters. The molecule has 2 aliphatic rings. The molecule has 2 N–H and O–H groups in total. The Hall–Kier alpha value is 0.0700. The van der Waals surface area contributed by atoms with E-state index in [4.69, 9.17) is 0 Å². The molecule has 2 rings (SSSR count). The van der Waals surface area contributed by atoms with Gasteiger partial charge in [-0.25, -0.2) is 0 Å². The van der Waals surface area contributed by atoms with Gasteiger partial charge in [-0.3, -0.25) is 4.21 Å². The molecule has 0 amide bonds. The Kier molecular flexibility index (Phi) is 5.64. The number of rotatable bonds is 5. The SMILES string of the molecule is CC(CNC1CCCC1C1CCCCN1)S(C)=O. The molecule has 106 valence electrons. The first-order valence-corrected chi connectivity index (χ1v) is 9.09. The van der Waals surface area contributed by atoms with Crippen LogP contribution in [0.15, 0.2) is 0 Å². The molecule has 0 aromatic carbocycles. The second-order valence-corrected chi connectivity index (χ2v) is 7.78. The Bertz CT molecular complexity index is 279. The molecule has 5 atom stereocenters. The highest BCUT2D eigenvalue weighted by atomic mass is 32.2. The summed E-state index contributed by atoms with van der Waals surface area (Å²) in [5.41, 5.74) is 0. The number of hydrogen-bond donors (Lipinski definition) is 2. The standard InChI is InChI=1S/C14H28N2OS/c1-11(18(2)17)10-16-14-8-5-6-12(14)13-7-3-4-9-15-13/h11-16H,3-10H2,1-2H3. The summed E-state index contributed by atoms with van der Waals surface area (Å²) in [4.78, 5) is 0. The molecule has 0 bridgehead atoms. The first-order valence-electron chi connectivity index (χ1n) is 7.47. The molecule has 3 nitrogen and oxygen atoms in total. The maximum absolute atomic E-state index is 11.4. The lowest BCUT2D eigenvalue weighted by atomic mass is 9.88. The largest absolute Gasteiger partial charge is 0.314 e. The third-order valence-corrected chi connectivity index (χ3v) is 5.97. The molecule has 1 aliphatic carbocycles. The number of piperidine rings is 1. The van der Waals surface area contributed by atoms with E-state index in [-0.39, 0.29) is 5.25 Å². The van der Waals surface area contributed by atoms with Crippen molar-refractivity contribution in [1.29, 1.82) is 0 Å². The van der Waals surface area contributed by atoms with Crippen LogP contribution in [0, 0.1) is 5.92 Å². The van der Waals surface area contributed by atoms with E-state index >= 15 is 0 Å². The highest BCUT2D eigenvalue weighted by molar-refractivity contribution is 7.84. The van der Waals surface area contributed by atoms with E-state index in [1.165, 1.54) is 45.1 Å². The molecule has 1 aliphatic heterocycles. The number of hydrogen-bond acceptors (Lipinski definition) is 3. The van der Waals surface area contributed by atoms with E-state index in [1.807, 2.05) is 0 Å². The van der Waals surface area contributed by atoms with Crippen LogP contribution in [-0.2, 0) is 10.8 Å². The van der Waals surface area contributed by atoms with Crippen molar-refractivity contribution < 1.29 is 4.21 Å². The minimum absolute atomic E-state index is 0.269. The molecule has 2 fully saturated rings. The lowest BCUT2D eigenvalue weighted by molar-refractivity contribution is 0.258. The van der Waals surface area contributed by atoms with E-state index in [0.29, 0.717) is 6.04 Å². The van der Waals surface area contributed by atoms with Crippen LogP contribution in [0.1, 0.15) is 45.4 Å². The van der Waals surface area contributed by atoms with Crippen LogP contribution >= 0.6 is 0 Å². The molecular formula is C14H28N2OS. The maximum Gasteiger partial charge on any atom is 0.0441 e. The van der Waals surface area contributed by atoms with Gasteiger partial charge in [0.25, 0.3) is 0 Å². The van der Waals surface area contributed by atoms with Gasteiger partial charge in [0, 0.05) is 40.9 Å². The van der Waals surface area contributed by atoms with Crippen LogP contribution in [-0.4, -0.2) is 40.9 Å². The van der Waals surface area contributed by atoms with Crippen LogP contribution in [0.2, 0.25) is 0 Å². The number of nitrogens with one attached hydrogen (secondary N) is 2. The second-order valence-electron chi connectivity index (χ2n) is 5.98. The van der Waals surface area contributed by atoms with Gasteiger partial charge in [-0.2, -0.15) is 0 Å². The predicted octanol–water partition coefficient (Wildman–Crippen LogP) is 1.65. The first kappa shape index (κ1) is 14.5. The monoisotopic (exact) mass is 272 g/mol. The summed E-state index contributed by atoms with van der Waals surface area (Å²) in [5.74, 6) is 0.794. The Balaban J connectivity index is 1.81. The van der Waals surface area contributed by atoms with Gasteiger partial charge < -0.3 is 10.6 Å². The molecule has 18 heavy (non-hydrogen) atoms. The Morgan fingerprint density at radius 1 is 1.28 bits per heavy atom. The smallest absolute Gasteiger partial charge is 0.0441 e. The summed E-state index contributed by atoms with van der Waals surface area (Å²) >= 11 is 0. The zero-order chi connectivity index (χ0) is 13.0. The fourth-order valence-corrected chi connectivity index (χ4v) is 3.73. The van der Waals surface area contributed by atoms with E-state index < -0.39 is 10.8 Å². The van der Waals surface area contributed by atoms with E-state index in [9.17, 15) is 4.21 Å². The first-order chi connectivity index (χ1) is 8.68. The van der Waals surface area contributed by atoms with Crippen molar-refractivity contribution in [3.05, 3.63) is 0 Å². The minimum atomic E-state index is -0.704.